The Bertz CT molecular complexity index is 821. The molecule has 0 amide bonds. The third kappa shape index (κ3) is 3.88. The van der Waals surface area contributed by atoms with Gasteiger partial charge in [-0.25, -0.2) is 0 Å². The minimum absolute atomic E-state index is 0.406. The summed E-state index contributed by atoms with van der Waals surface area (Å²) in [4.78, 5) is 2.76. The largest absolute Gasteiger partial charge is 0.469 e. The molecule has 2 aromatic rings. The number of nitrogen functional groups attached to an aromatic ring is 1. The van der Waals surface area contributed by atoms with E-state index >= 15 is 0 Å². The Morgan fingerprint density at radius 2 is 1.90 bits per heavy atom. The van der Waals surface area contributed by atoms with Crippen molar-refractivity contribution in [3.63, 3.8) is 0 Å². The van der Waals surface area contributed by atoms with Gasteiger partial charge in [-0.2, -0.15) is 5.10 Å². The van der Waals surface area contributed by atoms with Gasteiger partial charge in [0, 0.05) is 31.9 Å². The molecule has 6 rings (SSSR count). The maximum atomic E-state index is 6.18. The number of nitrogens with two attached hydrogens (primary N) is 1. The molecule has 29 heavy (non-hydrogen) atoms. The summed E-state index contributed by atoms with van der Waals surface area (Å²) in [5, 5.41) is 8.82. The Kier molecular flexibility index (Phi) is 5.22. The maximum absolute atomic E-state index is 6.18. The third-order valence-corrected chi connectivity index (χ3v) is 7.02. The van der Waals surface area contributed by atoms with E-state index in [2.05, 4.69) is 15.1 Å². The lowest BCUT2D eigenvalue weighted by Gasteiger charge is -2.43. The van der Waals surface area contributed by atoms with Crippen molar-refractivity contribution in [2.45, 2.75) is 63.3 Å². The van der Waals surface area contributed by atoms with Gasteiger partial charge in [0.2, 0.25) is 0 Å². The number of fused-ring (bicyclic) bond motifs is 4. The SMILES string of the molecule is Cn1nccc1COc1nn(C2CCC(N3CC4CC[C@@H]3COC4)CC2)cc1N. The van der Waals surface area contributed by atoms with Gasteiger partial charge < -0.3 is 15.2 Å². The second-order valence-corrected chi connectivity index (χ2v) is 8.90. The number of anilines is 1. The Morgan fingerprint density at radius 3 is 2.69 bits per heavy atom. The molecule has 3 aliphatic heterocycles. The van der Waals surface area contributed by atoms with Gasteiger partial charge in [-0.3, -0.25) is 14.3 Å². The molecule has 1 aliphatic carbocycles. The van der Waals surface area contributed by atoms with E-state index in [1.54, 1.807) is 10.9 Å². The van der Waals surface area contributed by atoms with Crippen LogP contribution in [0, 0.1) is 5.92 Å². The van der Waals surface area contributed by atoms with Crippen molar-refractivity contribution >= 4 is 5.69 Å². The van der Waals surface area contributed by atoms with Crippen LogP contribution in [0.15, 0.2) is 18.5 Å². The van der Waals surface area contributed by atoms with Crippen molar-refractivity contribution < 1.29 is 9.47 Å². The van der Waals surface area contributed by atoms with E-state index in [4.69, 9.17) is 15.2 Å². The third-order valence-electron chi connectivity index (χ3n) is 7.02. The summed E-state index contributed by atoms with van der Waals surface area (Å²) >= 11 is 0. The Balaban J connectivity index is 1.18. The highest BCUT2D eigenvalue weighted by Gasteiger charge is 2.37. The fourth-order valence-corrected chi connectivity index (χ4v) is 5.29. The number of nitrogens with zero attached hydrogens (tertiary/aromatic N) is 5. The minimum Gasteiger partial charge on any atom is -0.469 e. The highest BCUT2D eigenvalue weighted by molar-refractivity contribution is 5.46. The van der Waals surface area contributed by atoms with Crippen LogP contribution in [0.5, 0.6) is 5.88 Å². The summed E-state index contributed by atoms with van der Waals surface area (Å²) in [7, 11) is 1.90. The van der Waals surface area contributed by atoms with Crippen LogP contribution in [0.25, 0.3) is 0 Å². The Morgan fingerprint density at radius 1 is 1.10 bits per heavy atom. The van der Waals surface area contributed by atoms with Crippen LogP contribution < -0.4 is 10.5 Å². The molecule has 2 atom stereocenters. The van der Waals surface area contributed by atoms with E-state index in [1.807, 2.05) is 24.0 Å². The number of piperidine rings is 1. The molecule has 8 heteroatoms. The fourth-order valence-electron chi connectivity index (χ4n) is 5.29. The standard InChI is InChI=1S/C21H32N6O2/c1-25-18(8-9-23-25)14-29-21-20(22)11-27(24-21)17-6-4-16(5-7-17)26-10-15-2-3-19(26)13-28-12-15/h8-9,11,15-17,19H,2-7,10,12-14,22H2,1H3/t15?,16?,17?,19-/m1/s1. The lowest BCUT2D eigenvalue weighted by molar-refractivity contribution is 0.0459. The average Bonchev–Trinajstić information content (AvgIpc) is 3.15. The molecule has 0 spiro atoms. The van der Waals surface area contributed by atoms with E-state index in [9.17, 15) is 0 Å². The molecule has 8 nitrogen and oxygen atoms in total. The van der Waals surface area contributed by atoms with Gasteiger partial charge in [0.05, 0.1) is 31.1 Å². The number of ether oxygens (including phenoxy) is 2. The zero-order valence-corrected chi connectivity index (χ0v) is 17.2. The zero-order valence-electron chi connectivity index (χ0n) is 17.2. The van der Waals surface area contributed by atoms with Gasteiger partial charge in [-0.05, 0) is 50.5 Å². The van der Waals surface area contributed by atoms with Crippen LogP contribution in [-0.4, -0.2) is 56.3 Å². The molecule has 2 bridgehead atoms. The monoisotopic (exact) mass is 400 g/mol. The fraction of sp³-hybridized carbons (Fsp3) is 0.714. The smallest absolute Gasteiger partial charge is 0.256 e. The lowest BCUT2D eigenvalue weighted by atomic mass is 9.86. The Hall–Kier alpha value is -2.06. The number of aryl methyl sites for hydroxylation is 1. The topological polar surface area (TPSA) is 83.4 Å². The molecule has 4 aliphatic rings. The molecule has 5 heterocycles. The second kappa shape index (κ2) is 7.99. The summed E-state index contributed by atoms with van der Waals surface area (Å²) < 4.78 is 15.6. The van der Waals surface area contributed by atoms with Crippen LogP contribution in [0.4, 0.5) is 5.69 Å². The molecule has 1 saturated carbocycles. The first-order chi connectivity index (χ1) is 14.2. The first-order valence-corrected chi connectivity index (χ1v) is 10.9. The van der Waals surface area contributed by atoms with Crippen molar-refractivity contribution in [3.8, 4) is 5.88 Å². The van der Waals surface area contributed by atoms with Gasteiger partial charge in [0.1, 0.15) is 12.3 Å². The molecule has 0 radical (unpaired) electrons. The van der Waals surface area contributed by atoms with Crippen LogP contribution in [-0.2, 0) is 18.4 Å². The van der Waals surface area contributed by atoms with Gasteiger partial charge in [-0.15, -0.1) is 5.10 Å². The van der Waals surface area contributed by atoms with E-state index in [0.29, 0.717) is 36.3 Å². The lowest BCUT2D eigenvalue weighted by Crippen LogP contribution is -2.50. The average molecular weight is 401 g/mol. The molecule has 2 aromatic heterocycles. The predicted molar refractivity (Wildman–Crippen MR) is 110 cm³/mol. The van der Waals surface area contributed by atoms with E-state index in [-0.39, 0.29) is 0 Å². The summed E-state index contributed by atoms with van der Waals surface area (Å²) in [5.41, 5.74) is 7.78. The summed E-state index contributed by atoms with van der Waals surface area (Å²) in [6.45, 7) is 3.52. The van der Waals surface area contributed by atoms with Crippen molar-refractivity contribution in [2.24, 2.45) is 13.0 Å². The van der Waals surface area contributed by atoms with Crippen LogP contribution in [0.1, 0.15) is 50.3 Å². The molecule has 2 N–H and O–H groups in total. The molecular formula is C21H32N6O2. The molecule has 4 fully saturated rings. The van der Waals surface area contributed by atoms with Crippen LogP contribution in [0.2, 0.25) is 0 Å². The van der Waals surface area contributed by atoms with Gasteiger partial charge in [0.15, 0.2) is 0 Å². The Labute approximate surface area is 171 Å². The van der Waals surface area contributed by atoms with Crippen LogP contribution in [0.3, 0.4) is 0 Å². The summed E-state index contributed by atoms with van der Waals surface area (Å²) in [6.07, 6.45) is 11.1. The van der Waals surface area contributed by atoms with Gasteiger partial charge in [0.25, 0.3) is 5.88 Å². The first-order valence-electron chi connectivity index (χ1n) is 10.9. The van der Waals surface area contributed by atoms with Crippen molar-refractivity contribution in [1.82, 2.24) is 24.5 Å². The van der Waals surface area contributed by atoms with E-state index in [0.717, 1.165) is 37.7 Å². The van der Waals surface area contributed by atoms with Crippen molar-refractivity contribution in [3.05, 3.63) is 24.2 Å². The maximum Gasteiger partial charge on any atom is 0.256 e. The molecular weight excluding hydrogens is 368 g/mol. The molecule has 3 saturated heterocycles. The zero-order chi connectivity index (χ0) is 19.8. The quantitative estimate of drug-likeness (QED) is 0.830. The number of aromatic nitrogens is 4. The van der Waals surface area contributed by atoms with E-state index in [1.165, 1.54) is 32.2 Å². The minimum atomic E-state index is 0.406. The predicted octanol–water partition coefficient (Wildman–Crippen LogP) is 2.37. The first kappa shape index (κ1) is 18.9. The van der Waals surface area contributed by atoms with Gasteiger partial charge >= 0.3 is 0 Å². The second-order valence-electron chi connectivity index (χ2n) is 8.90. The van der Waals surface area contributed by atoms with Crippen LogP contribution >= 0.6 is 0 Å². The van der Waals surface area contributed by atoms with Crippen molar-refractivity contribution in [2.75, 3.05) is 25.5 Å². The van der Waals surface area contributed by atoms with Gasteiger partial charge in [-0.1, -0.05) is 0 Å². The summed E-state index contributed by atoms with van der Waals surface area (Å²) in [5.74, 6) is 1.26. The number of rotatable bonds is 5. The summed E-state index contributed by atoms with van der Waals surface area (Å²) in [6, 6.07) is 3.66. The highest BCUT2D eigenvalue weighted by Crippen LogP contribution is 2.37. The molecule has 1 unspecified atom stereocenters. The number of hydrogen-bond donors (Lipinski definition) is 1. The van der Waals surface area contributed by atoms with Crippen molar-refractivity contribution in [1.29, 1.82) is 0 Å². The molecule has 158 valence electrons. The number of hydrogen-bond acceptors (Lipinski definition) is 6. The highest BCUT2D eigenvalue weighted by atomic mass is 16.5. The normalized spacial score (nSPS) is 30.4. The van der Waals surface area contributed by atoms with E-state index < -0.39 is 0 Å². The molecule has 0 aromatic carbocycles.